The van der Waals surface area contributed by atoms with E-state index in [1.165, 1.54) is 0 Å². The molecule has 1 unspecified atom stereocenters. The van der Waals surface area contributed by atoms with Gasteiger partial charge in [0, 0.05) is 25.5 Å². The van der Waals surface area contributed by atoms with Crippen LogP contribution in [0, 0.1) is 0 Å². The minimum atomic E-state index is 0.335. The summed E-state index contributed by atoms with van der Waals surface area (Å²) in [7, 11) is 1.99. The lowest BCUT2D eigenvalue weighted by Gasteiger charge is -2.08. The van der Waals surface area contributed by atoms with Crippen LogP contribution in [0.3, 0.4) is 0 Å². The molecular weight excluding hydrogens is 150 g/mol. The first-order valence-corrected chi connectivity index (χ1v) is 4.06. The molecule has 1 aromatic heterocycles. The van der Waals surface area contributed by atoms with Gasteiger partial charge in [0.25, 0.3) is 0 Å². The average Bonchev–Trinajstić information content (AvgIpc) is 2.47. The maximum atomic E-state index is 4.19. The van der Waals surface area contributed by atoms with E-state index in [-0.39, 0.29) is 0 Å². The monoisotopic (exact) mass is 165 g/mol. The van der Waals surface area contributed by atoms with Crippen molar-refractivity contribution in [1.29, 1.82) is 0 Å². The zero-order chi connectivity index (χ0) is 8.97. The number of rotatable bonds is 4. The van der Waals surface area contributed by atoms with Gasteiger partial charge in [-0.1, -0.05) is 6.08 Å². The van der Waals surface area contributed by atoms with E-state index in [1.807, 2.05) is 23.9 Å². The molecule has 3 heteroatoms. The highest BCUT2D eigenvalue weighted by atomic mass is 15.1. The maximum Gasteiger partial charge on any atom is 0.122 e. The topological polar surface area (TPSA) is 29.9 Å². The molecule has 1 aromatic rings. The Morgan fingerprint density at radius 1 is 1.83 bits per heavy atom. The van der Waals surface area contributed by atoms with Crippen LogP contribution in [-0.4, -0.2) is 15.6 Å². The Hall–Kier alpha value is -1.09. The molecule has 0 radical (unpaired) electrons. The Balaban J connectivity index is 2.43. The largest absolute Gasteiger partial charge is 0.337 e. The van der Waals surface area contributed by atoms with Crippen LogP contribution >= 0.6 is 0 Å². The van der Waals surface area contributed by atoms with Crippen LogP contribution in [0.2, 0.25) is 0 Å². The summed E-state index contributed by atoms with van der Waals surface area (Å²) in [6, 6.07) is 0.335. The Morgan fingerprint density at radius 3 is 3.08 bits per heavy atom. The van der Waals surface area contributed by atoms with E-state index in [0.29, 0.717) is 6.04 Å². The smallest absolute Gasteiger partial charge is 0.122 e. The molecule has 1 heterocycles. The fraction of sp³-hybridized carbons (Fsp3) is 0.444. The fourth-order valence-corrected chi connectivity index (χ4v) is 0.902. The minimum Gasteiger partial charge on any atom is -0.337 e. The number of aromatic nitrogens is 2. The summed E-state index contributed by atoms with van der Waals surface area (Å²) in [5.74, 6) is 1.05. The second kappa shape index (κ2) is 4.07. The van der Waals surface area contributed by atoms with E-state index in [0.717, 1.165) is 12.4 Å². The van der Waals surface area contributed by atoms with Gasteiger partial charge in [-0.15, -0.1) is 6.58 Å². The first-order valence-electron chi connectivity index (χ1n) is 4.06. The van der Waals surface area contributed by atoms with Gasteiger partial charge in [0.15, 0.2) is 0 Å². The van der Waals surface area contributed by atoms with Crippen LogP contribution in [0.4, 0.5) is 0 Å². The van der Waals surface area contributed by atoms with Crippen molar-refractivity contribution in [2.75, 3.05) is 0 Å². The first kappa shape index (κ1) is 9.00. The highest BCUT2D eigenvalue weighted by Gasteiger charge is 1.99. The van der Waals surface area contributed by atoms with Gasteiger partial charge in [-0.05, 0) is 6.92 Å². The predicted molar refractivity (Wildman–Crippen MR) is 49.7 cm³/mol. The summed E-state index contributed by atoms with van der Waals surface area (Å²) in [4.78, 5) is 4.19. The molecule has 3 nitrogen and oxygen atoms in total. The molecule has 0 saturated heterocycles. The number of aryl methyl sites for hydroxylation is 1. The Morgan fingerprint density at radius 2 is 2.58 bits per heavy atom. The second-order valence-corrected chi connectivity index (χ2v) is 2.86. The summed E-state index contributed by atoms with van der Waals surface area (Å²) in [5.41, 5.74) is 0. The predicted octanol–water partition coefficient (Wildman–Crippen LogP) is 1.08. The van der Waals surface area contributed by atoms with Gasteiger partial charge in [-0.25, -0.2) is 4.98 Å². The number of hydrogen-bond donors (Lipinski definition) is 1. The third-order valence-electron chi connectivity index (χ3n) is 1.86. The third kappa shape index (κ3) is 2.20. The van der Waals surface area contributed by atoms with E-state index >= 15 is 0 Å². The van der Waals surface area contributed by atoms with Gasteiger partial charge in [-0.3, -0.25) is 0 Å². The summed E-state index contributed by atoms with van der Waals surface area (Å²) < 4.78 is 2.00. The number of imidazole rings is 1. The van der Waals surface area contributed by atoms with Gasteiger partial charge < -0.3 is 9.88 Å². The summed E-state index contributed by atoms with van der Waals surface area (Å²) in [6.07, 6.45) is 5.62. The SMILES string of the molecule is C=CC(C)NCc1nccn1C. The molecule has 66 valence electrons. The van der Waals surface area contributed by atoms with Gasteiger partial charge in [0.2, 0.25) is 0 Å². The lowest BCUT2D eigenvalue weighted by molar-refractivity contribution is 0.597. The van der Waals surface area contributed by atoms with Crippen LogP contribution in [0.15, 0.2) is 25.0 Å². The Labute approximate surface area is 73.1 Å². The van der Waals surface area contributed by atoms with Crippen molar-refractivity contribution in [2.24, 2.45) is 7.05 Å². The van der Waals surface area contributed by atoms with Crippen LogP contribution in [0.1, 0.15) is 12.7 Å². The van der Waals surface area contributed by atoms with Crippen molar-refractivity contribution in [3.8, 4) is 0 Å². The lowest BCUT2D eigenvalue weighted by Crippen LogP contribution is -2.24. The molecule has 0 saturated carbocycles. The van der Waals surface area contributed by atoms with Gasteiger partial charge in [0.05, 0.1) is 6.54 Å². The molecule has 1 atom stereocenters. The second-order valence-electron chi connectivity index (χ2n) is 2.86. The zero-order valence-electron chi connectivity index (χ0n) is 7.62. The van der Waals surface area contributed by atoms with E-state index in [1.54, 1.807) is 6.20 Å². The molecule has 1 N–H and O–H groups in total. The highest BCUT2D eigenvalue weighted by molar-refractivity contribution is 4.92. The Bertz CT molecular complexity index is 252. The molecule has 0 spiro atoms. The molecule has 0 aromatic carbocycles. The van der Waals surface area contributed by atoms with Crippen molar-refractivity contribution in [3.05, 3.63) is 30.9 Å². The summed E-state index contributed by atoms with van der Waals surface area (Å²) in [6.45, 7) is 6.55. The van der Waals surface area contributed by atoms with E-state index in [9.17, 15) is 0 Å². The molecule has 1 rings (SSSR count). The third-order valence-corrected chi connectivity index (χ3v) is 1.86. The zero-order valence-corrected chi connectivity index (χ0v) is 7.62. The van der Waals surface area contributed by atoms with Crippen molar-refractivity contribution in [2.45, 2.75) is 19.5 Å². The van der Waals surface area contributed by atoms with Gasteiger partial charge in [0.1, 0.15) is 5.82 Å². The molecule has 0 fully saturated rings. The van der Waals surface area contributed by atoms with Gasteiger partial charge in [-0.2, -0.15) is 0 Å². The van der Waals surface area contributed by atoms with E-state index in [2.05, 4.69) is 23.8 Å². The van der Waals surface area contributed by atoms with Crippen LogP contribution in [-0.2, 0) is 13.6 Å². The quantitative estimate of drug-likeness (QED) is 0.677. The van der Waals surface area contributed by atoms with Crippen molar-refractivity contribution < 1.29 is 0 Å². The van der Waals surface area contributed by atoms with Crippen molar-refractivity contribution in [3.63, 3.8) is 0 Å². The van der Waals surface area contributed by atoms with Crippen LogP contribution < -0.4 is 5.32 Å². The van der Waals surface area contributed by atoms with Crippen molar-refractivity contribution >= 4 is 0 Å². The molecular formula is C9H15N3. The van der Waals surface area contributed by atoms with Crippen LogP contribution in [0.5, 0.6) is 0 Å². The molecule has 0 aliphatic carbocycles. The summed E-state index contributed by atoms with van der Waals surface area (Å²) in [5, 5.41) is 3.27. The standard InChI is InChI=1S/C9H15N3/c1-4-8(2)11-7-9-10-5-6-12(9)3/h4-6,8,11H,1,7H2,2-3H3. The summed E-state index contributed by atoms with van der Waals surface area (Å²) >= 11 is 0. The number of hydrogen-bond acceptors (Lipinski definition) is 2. The molecule has 0 aliphatic heterocycles. The number of nitrogens with one attached hydrogen (secondary N) is 1. The minimum absolute atomic E-state index is 0.335. The Kier molecular flexibility index (Phi) is 3.05. The first-order chi connectivity index (χ1) is 5.74. The van der Waals surface area contributed by atoms with Crippen molar-refractivity contribution in [1.82, 2.24) is 14.9 Å². The molecule has 0 amide bonds. The number of nitrogens with zero attached hydrogens (tertiary/aromatic N) is 2. The molecule has 0 bridgehead atoms. The lowest BCUT2D eigenvalue weighted by atomic mass is 10.3. The average molecular weight is 165 g/mol. The fourth-order valence-electron chi connectivity index (χ4n) is 0.902. The maximum absolute atomic E-state index is 4.19. The molecule has 12 heavy (non-hydrogen) atoms. The van der Waals surface area contributed by atoms with Gasteiger partial charge >= 0.3 is 0 Å². The van der Waals surface area contributed by atoms with E-state index < -0.39 is 0 Å². The molecule has 0 aliphatic rings. The van der Waals surface area contributed by atoms with E-state index in [4.69, 9.17) is 0 Å². The normalized spacial score (nSPS) is 12.8. The highest BCUT2D eigenvalue weighted by Crippen LogP contribution is 1.94. The van der Waals surface area contributed by atoms with Crippen LogP contribution in [0.25, 0.3) is 0 Å².